The standard InChI is InChI=1S/C20H34F2O5/c1-2-3-11-20(21,22)17(23)10-8-15-14(13-18(24)25)7-9-16(15)27-19-6-4-5-12-26-19/h14-16,18-19,24-25H,2-13H2,1H3. The third-order valence-corrected chi connectivity index (χ3v) is 5.84. The Morgan fingerprint density at radius 2 is 2.04 bits per heavy atom. The van der Waals surface area contributed by atoms with Gasteiger partial charge < -0.3 is 19.7 Å². The maximum atomic E-state index is 14.0. The summed E-state index contributed by atoms with van der Waals surface area (Å²) in [5.74, 6) is -4.47. The maximum Gasteiger partial charge on any atom is 0.305 e. The third kappa shape index (κ3) is 7.04. The van der Waals surface area contributed by atoms with E-state index in [4.69, 9.17) is 9.47 Å². The molecule has 5 nitrogen and oxygen atoms in total. The summed E-state index contributed by atoms with van der Waals surface area (Å²) < 4.78 is 39.6. The number of rotatable bonds is 11. The fourth-order valence-electron chi connectivity index (χ4n) is 4.30. The van der Waals surface area contributed by atoms with E-state index >= 15 is 0 Å². The van der Waals surface area contributed by atoms with Gasteiger partial charge in [-0.1, -0.05) is 13.3 Å². The number of halogens is 2. The van der Waals surface area contributed by atoms with Crippen molar-refractivity contribution < 1.29 is 33.3 Å². The summed E-state index contributed by atoms with van der Waals surface area (Å²) in [6.45, 7) is 2.47. The predicted molar refractivity (Wildman–Crippen MR) is 96.2 cm³/mol. The first-order chi connectivity index (χ1) is 12.8. The van der Waals surface area contributed by atoms with Crippen LogP contribution in [0.15, 0.2) is 0 Å². The van der Waals surface area contributed by atoms with Crippen molar-refractivity contribution in [3.8, 4) is 0 Å². The van der Waals surface area contributed by atoms with Crippen LogP contribution < -0.4 is 0 Å². The van der Waals surface area contributed by atoms with E-state index in [2.05, 4.69) is 0 Å². The van der Waals surface area contributed by atoms with Crippen LogP contribution in [0.5, 0.6) is 0 Å². The number of Topliss-reactive ketones (excluding diaryl/α,β-unsaturated/α-hetero) is 1. The molecule has 0 aromatic rings. The maximum absolute atomic E-state index is 14.0. The van der Waals surface area contributed by atoms with Gasteiger partial charge in [-0.3, -0.25) is 4.79 Å². The first-order valence-electron chi connectivity index (χ1n) is 10.4. The van der Waals surface area contributed by atoms with Crippen molar-refractivity contribution in [2.75, 3.05) is 6.61 Å². The number of carbonyl (C=O) groups excluding carboxylic acids is 1. The highest BCUT2D eigenvalue weighted by molar-refractivity contribution is 5.85. The van der Waals surface area contributed by atoms with Crippen molar-refractivity contribution in [3.63, 3.8) is 0 Å². The van der Waals surface area contributed by atoms with E-state index in [1.807, 2.05) is 6.92 Å². The molecule has 4 unspecified atom stereocenters. The number of hydrogen-bond donors (Lipinski definition) is 2. The summed E-state index contributed by atoms with van der Waals surface area (Å²) >= 11 is 0. The number of ketones is 1. The number of carbonyl (C=O) groups is 1. The van der Waals surface area contributed by atoms with Crippen molar-refractivity contribution >= 4 is 5.78 Å². The van der Waals surface area contributed by atoms with E-state index in [-0.39, 0.29) is 43.5 Å². The Labute approximate surface area is 160 Å². The Hall–Kier alpha value is -0.630. The zero-order chi connectivity index (χ0) is 19.9. The monoisotopic (exact) mass is 392 g/mol. The normalized spacial score (nSPS) is 29.4. The molecule has 1 aliphatic carbocycles. The first kappa shape index (κ1) is 22.7. The zero-order valence-corrected chi connectivity index (χ0v) is 16.2. The molecule has 0 bridgehead atoms. The van der Waals surface area contributed by atoms with Gasteiger partial charge >= 0.3 is 5.92 Å². The van der Waals surface area contributed by atoms with Crippen molar-refractivity contribution in [3.05, 3.63) is 0 Å². The molecule has 2 rings (SSSR count). The van der Waals surface area contributed by atoms with Crippen LogP contribution in [0, 0.1) is 11.8 Å². The molecule has 1 heterocycles. The summed E-state index contributed by atoms with van der Waals surface area (Å²) in [4.78, 5) is 12.0. The smallest absolute Gasteiger partial charge is 0.305 e. The van der Waals surface area contributed by atoms with Crippen LogP contribution in [-0.2, 0) is 14.3 Å². The number of hydrogen-bond acceptors (Lipinski definition) is 5. The van der Waals surface area contributed by atoms with Crippen LogP contribution in [0.25, 0.3) is 0 Å². The number of aliphatic hydroxyl groups excluding tert-OH is 1. The Kier molecular flexibility index (Phi) is 9.05. The molecule has 2 N–H and O–H groups in total. The second kappa shape index (κ2) is 10.8. The number of alkyl halides is 2. The van der Waals surface area contributed by atoms with Crippen LogP contribution in [0.2, 0.25) is 0 Å². The van der Waals surface area contributed by atoms with E-state index in [1.54, 1.807) is 0 Å². The molecule has 7 heteroatoms. The largest absolute Gasteiger partial charge is 0.368 e. The Morgan fingerprint density at radius 3 is 2.67 bits per heavy atom. The highest BCUT2D eigenvalue weighted by Crippen LogP contribution is 2.41. The minimum Gasteiger partial charge on any atom is -0.368 e. The average Bonchev–Trinajstić information content (AvgIpc) is 2.99. The van der Waals surface area contributed by atoms with Gasteiger partial charge in [0.2, 0.25) is 5.78 Å². The first-order valence-corrected chi connectivity index (χ1v) is 10.4. The Morgan fingerprint density at radius 1 is 1.26 bits per heavy atom. The van der Waals surface area contributed by atoms with Crippen LogP contribution >= 0.6 is 0 Å². The van der Waals surface area contributed by atoms with Gasteiger partial charge in [-0.25, -0.2) is 0 Å². The highest BCUT2D eigenvalue weighted by atomic mass is 19.3. The van der Waals surface area contributed by atoms with Crippen molar-refractivity contribution in [1.82, 2.24) is 0 Å². The van der Waals surface area contributed by atoms with Crippen molar-refractivity contribution in [2.24, 2.45) is 11.8 Å². The lowest BCUT2D eigenvalue weighted by molar-refractivity contribution is -0.197. The minimum absolute atomic E-state index is 0.0457. The molecular formula is C20H34F2O5. The molecule has 1 saturated heterocycles. The molecule has 1 saturated carbocycles. The van der Waals surface area contributed by atoms with Gasteiger partial charge in [-0.05, 0) is 56.8 Å². The lowest BCUT2D eigenvalue weighted by Gasteiger charge is -2.31. The van der Waals surface area contributed by atoms with Gasteiger partial charge in [0.15, 0.2) is 12.6 Å². The fraction of sp³-hybridized carbons (Fsp3) is 0.950. The molecule has 2 aliphatic rings. The van der Waals surface area contributed by atoms with Gasteiger partial charge in [0.05, 0.1) is 6.10 Å². The second-order valence-electron chi connectivity index (χ2n) is 7.96. The molecule has 0 aromatic carbocycles. The zero-order valence-electron chi connectivity index (χ0n) is 16.2. The van der Waals surface area contributed by atoms with Crippen molar-refractivity contribution in [2.45, 2.75) is 102 Å². The van der Waals surface area contributed by atoms with E-state index in [9.17, 15) is 23.8 Å². The Bertz CT molecular complexity index is 452. The lowest BCUT2D eigenvalue weighted by Crippen LogP contribution is -2.34. The van der Waals surface area contributed by atoms with E-state index in [1.165, 1.54) is 0 Å². The van der Waals surface area contributed by atoms with Gasteiger partial charge in [0.1, 0.15) is 0 Å². The second-order valence-corrected chi connectivity index (χ2v) is 7.96. The van der Waals surface area contributed by atoms with E-state index in [0.717, 1.165) is 32.1 Å². The van der Waals surface area contributed by atoms with Gasteiger partial charge in [-0.15, -0.1) is 0 Å². The average molecular weight is 392 g/mol. The molecule has 2 fully saturated rings. The molecule has 158 valence electrons. The molecule has 27 heavy (non-hydrogen) atoms. The highest BCUT2D eigenvalue weighted by Gasteiger charge is 2.42. The SMILES string of the molecule is CCCCC(F)(F)C(=O)CCC1C(CC(O)O)CCC1OC1CCCCO1. The lowest BCUT2D eigenvalue weighted by atomic mass is 9.86. The molecule has 1 aliphatic heterocycles. The number of unbranched alkanes of at least 4 members (excludes halogenated alkanes) is 1. The summed E-state index contributed by atoms with van der Waals surface area (Å²) in [5, 5.41) is 18.7. The van der Waals surface area contributed by atoms with Gasteiger partial charge in [0.25, 0.3) is 0 Å². The summed E-state index contributed by atoms with van der Waals surface area (Å²) in [6.07, 6.45) is 3.21. The van der Waals surface area contributed by atoms with Crippen LogP contribution in [-0.4, -0.2) is 47.2 Å². The van der Waals surface area contributed by atoms with E-state index in [0.29, 0.717) is 19.4 Å². The predicted octanol–water partition coefficient (Wildman–Crippen LogP) is 3.80. The molecule has 0 spiro atoms. The van der Waals surface area contributed by atoms with Crippen molar-refractivity contribution in [1.29, 1.82) is 0 Å². The van der Waals surface area contributed by atoms with E-state index < -0.39 is 24.4 Å². The minimum atomic E-state index is -3.27. The molecular weight excluding hydrogens is 358 g/mol. The summed E-state index contributed by atoms with van der Waals surface area (Å²) in [7, 11) is 0. The quantitative estimate of drug-likeness (QED) is 0.523. The Balaban J connectivity index is 1.94. The van der Waals surface area contributed by atoms with Gasteiger partial charge in [-0.2, -0.15) is 8.78 Å². The van der Waals surface area contributed by atoms with Crippen LogP contribution in [0.3, 0.4) is 0 Å². The van der Waals surface area contributed by atoms with Gasteiger partial charge in [0, 0.05) is 25.9 Å². The molecule has 0 aromatic heterocycles. The topological polar surface area (TPSA) is 76.0 Å². The number of ether oxygens (including phenoxy) is 2. The van der Waals surface area contributed by atoms with Crippen LogP contribution in [0.4, 0.5) is 8.78 Å². The third-order valence-electron chi connectivity index (χ3n) is 5.84. The fourth-order valence-corrected chi connectivity index (χ4v) is 4.30. The number of aliphatic hydroxyl groups is 2. The molecule has 0 radical (unpaired) electrons. The summed E-state index contributed by atoms with van der Waals surface area (Å²) in [6, 6.07) is 0. The molecule has 0 amide bonds. The molecule has 4 atom stereocenters. The summed E-state index contributed by atoms with van der Waals surface area (Å²) in [5.41, 5.74) is 0. The van der Waals surface area contributed by atoms with Crippen LogP contribution in [0.1, 0.15) is 77.6 Å².